The van der Waals surface area contributed by atoms with Crippen LogP contribution < -0.4 is 4.18 Å². The van der Waals surface area contributed by atoms with E-state index in [9.17, 15) is 31.2 Å². The third kappa shape index (κ3) is 4.03. The van der Waals surface area contributed by atoms with E-state index in [1.54, 1.807) is 0 Å². The number of Topliss-reactive ketones (excluding diaryl/α,β-unsaturated/α-hetero) is 1. The van der Waals surface area contributed by atoms with Gasteiger partial charge in [0.2, 0.25) is 0 Å². The first-order valence-electron chi connectivity index (χ1n) is 7.04. The first-order chi connectivity index (χ1) is 11.4. The van der Waals surface area contributed by atoms with Crippen molar-refractivity contribution in [1.82, 2.24) is 4.90 Å². The lowest BCUT2D eigenvalue weighted by atomic mass is 9.87. The van der Waals surface area contributed by atoms with Gasteiger partial charge in [-0.3, -0.25) is 4.79 Å². The Morgan fingerprint density at radius 1 is 1.36 bits per heavy atom. The number of hydrogen-bond acceptors (Lipinski definition) is 5. The monoisotopic (exact) mass is 381 g/mol. The van der Waals surface area contributed by atoms with Gasteiger partial charge in [-0.25, -0.2) is 4.79 Å². The van der Waals surface area contributed by atoms with Gasteiger partial charge in [0.15, 0.2) is 0 Å². The SMILES string of the molecule is Cc1cc(OS(=O)(=O)C(F)(F)F)ccc1C1CN(C(=O)O)CCC1=O. The number of carbonyl (C=O) groups is 2. The van der Waals surface area contributed by atoms with E-state index in [-0.39, 0.29) is 25.3 Å². The second kappa shape index (κ2) is 6.54. The fourth-order valence-electron chi connectivity index (χ4n) is 2.54. The Morgan fingerprint density at radius 2 is 2.00 bits per heavy atom. The Kier molecular flexibility index (Phi) is 4.98. The molecule has 2 rings (SSSR count). The summed E-state index contributed by atoms with van der Waals surface area (Å²) < 4.78 is 63.1. The van der Waals surface area contributed by atoms with E-state index in [4.69, 9.17) is 5.11 Å². The van der Waals surface area contributed by atoms with Crippen LogP contribution in [0, 0.1) is 6.92 Å². The van der Waals surface area contributed by atoms with Crippen LogP contribution in [-0.2, 0) is 14.9 Å². The van der Waals surface area contributed by atoms with Gasteiger partial charge in [0.05, 0.1) is 5.92 Å². The number of amides is 1. The summed E-state index contributed by atoms with van der Waals surface area (Å²) in [7, 11) is -5.79. The molecule has 0 bridgehead atoms. The van der Waals surface area contributed by atoms with Crippen molar-refractivity contribution < 1.29 is 40.5 Å². The van der Waals surface area contributed by atoms with Crippen molar-refractivity contribution in [3.05, 3.63) is 29.3 Å². The predicted octanol–water partition coefficient (Wildman–Crippen LogP) is 2.26. The maximum absolute atomic E-state index is 12.3. The first-order valence-corrected chi connectivity index (χ1v) is 8.45. The Labute approximate surface area is 141 Å². The van der Waals surface area contributed by atoms with Crippen molar-refractivity contribution in [3.8, 4) is 5.75 Å². The van der Waals surface area contributed by atoms with E-state index < -0.39 is 33.4 Å². The van der Waals surface area contributed by atoms with Crippen molar-refractivity contribution >= 4 is 22.0 Å². The normalized spacial score (nSPS) is 19.0. The molecule has 0 spiro atoms. The van der Waals surface area contributed by atoms with Crippen molar-refractivity contribution in [2.75, 3.05) is 13.1 Å². The standard InChI is InChI=1S/C14H14F3NO6S/c1-8-6-9(24-25(22,23)14(15,16)17)2-3-10(8)11-7-18(13(20)21)5-4-12(11)19/h2-3,6,11H,4-5,7H2,1H3,(H,20,21). The molecule has 1 aromatic carbocycles. The predicted molar refractivity (Wildman–Crippen MR) is 78.7 cm³/mol. The van der Waals surface area contributed by atoms with Gasteiger partial charge in [-0.15, -0.1) is 0 Å². The molecule has 1 fully saturated rings. The molecule has 1 N–H and O–H groups in total. The van der Waals surface area contributed by atoms with Gasteiger partial charge >= 0.3 is 21.7 Å². The molecule has 1 unspecified atom stereocenters. The van der Waals surface area contributed by atoms with Crippen LogP contribution in [-0.4, -0.2) is 48.9 Å². The highest BCUT2D eigenvalue weighted by atomic mass is 32.2. The fourth-order valence-corrected chi connectivity index (χ4v) is 2.99. The molecule has 1 amide bonds. The number of likely N-dealkylation sites (tertiary alicyclic amines) is 1. The second-order valence-electron chi connectivity index (χ2n) is 5.50. The molecular formula is C14H14F3NO6S. The summed E-state index contributed by atoms with van der Waals surface area (Å²) in [4.78, 5) is 24.2. The lowest BCUT2D eigenvalue weighted by Gasteiger charge is -2.30. The van der Waals surface area contributed by atoms with Crippen LogP contribution in [0.4, 0.5) is 18.0 Å². The largest absolute Gasteiger partial charge is 0.534 e. The van der Waals surface area contributed by atoms with Crippen molar-refractivity contribution in [1.29, 1.82) is 0 Å². The van der Waals surface area contributed by atoms with Gasteiger partial charge in [0.25, 0.3) is 0 Å². The van der Waals surface area contributed by atoms with E-state index in [0.29, 0.717) is 11.1 Å². The quantitative estimate of drug-likeness (QED) is 0.637. The number of piperidine rings is 1. The van der Waals surface area contributed by atoms with E-state index in [0.717, 1.165) is 17.0 Å². The third-order valence-electron chi connectivity index (χ3n) is 3.80. The molecular weight excluding hydrogens is 367 g/mol. The minimum Gasteiger partial charge on any atom is -0.465 e. The smallest absolute Gasteiger partial charge is 0.465 e. The van der Waals surface area contributed by atoms with Crippen LogP contribution >= 0.6 is 0 Å². The summed E-state index contributed by atoms with van der Waals surface area (Å²) in [5.41, 5.74) is -4.82. The average Bonchev–Trinajstić information content (AvgIpc) is 2.46. The number of alkyl halides is 3. The Bertz CT molecular complexity index is 805. The molecule has 1 saturated heterocycles. The zero-order valence-electron chi connectivity index (χ0n) is 12.9. The van der Waals surface area contributed by atoms with Crippen molar-refractivity contribution in [2.45, 2.75) is 24.8 Å². The average molecular weight is 381 g/mol. The number of hydrogen-bond donors (Lipinski definition) is 1. The third-order valence-corrected chi connectivity index (χ3v) is 4.78. The molecule has 1 aromatic rings. The molecule has 7 nitrogen and oxygen atoms in total. The Balaban J connectivity index is 2.27. The van der Waals surface area contributed by atoms with Crippen LogP contribution in [0.25, 0.3) is 0 Å². The fraction of sp³-hybridized carbons (Fsp3) is 0.429. The van der Waals surface area contributed by atoms with Gasteiger partial charge in [-0.05, 0) is 30.2 Å². The van der Waals surface area contributed by atoms with Crippen molar-refractivity contribution in [2.24, 2.45) is 0 Å². The van der Waals surface area contributed by atoms with E-state index >= 15 is 0 Å². The number of rotatable bonds is 3. The number of ketones is 1. The zero-order chi connectivity index (χ0) is 19.0. The molecule has 0 radical (unpaired) electrons. The molecule has 138 valence electrons. The molecule has 25 heavy (non-hydrogen) atoms. The van der Waals surface area contributed by atoms with Gasteiger partial charge in [0.1, 0.15) is 11.5 Å². The van der Waals surface area contributed by atoms with Crippen molar-refractivity contribution in [3.63, 3.8) is 0 Å². The Morgan fingerprint density at radius 3 is 2.52 bits per heavy atom. The summed E-state index contributed by atoms with van der Waals surface area (Å²) >= 11 is 0. The molecule has 1 heterocycles. The zero-order valence-corrected chi connectivity index (χ0v) is 13.7. The van der Waals surface area contributed by atoms with Gasteiger partial charge in [-0.1, -0.05) is 6.07 Å². The topological polar surface area (TPSA) is 101 Å². The minimum absolute atomic E-state index is 0.0249. The van der Waals surface area contributed by atoms with E-state index in [1.807, 2.05) is 0 Å². The highest BCUT2D eigenvalue weighted by Gasteiger charge is 2.48. The number of carbonyl (C=O) groups excluding carboxylic acids is 1. The molecule has 0 saturated carbocycles. The van der Waals surface area contributed by atoms with Crippen LogP contribution in [0.5, 0.6) is 5.75 Å². The van der Waals surface area contributed by atoms with Gasteiger partial charge in [-0.2, -0.15) is 21.6 Å². The summed E-state index contributed by atoms with van der Waals surface area (Å²) in [6.07, 6.45) is -1.15. The van der Waals surface area contributed by atoms with Crippen LogP contribution in [0.3, 0.4) is 0 Å². The van der Waals surface area contributed by atoms with E-state index in [1.165, 1.54) is 13.0 Å². The maximum atomic E-state index is 12.3. The number of benzene rings is 1. The summed E-state index contributed by atoms with van der Waals surface area (Å²) in [6, 6.07) is 3.33. The van der Waals surface area contributed by atoms with Crippen LogP contribution in [0.1, 0.15) is 23.5 Å². The molecule has 1 atom stereocenters. The maximum Gasteiger partial charge on any atom is 0.534 e. The van der Waals surface area contributed by atoms with Crippen LogP contribution in [0.2, 0.25) is 0 Å². The highest BCUT2D eigenvalue weighted by Crippen LogP contribution is 2.31. The number of carboxylic acid groups (broad SMARTS) is 1. The summed E-state index contributed by atoms with van der Waals surface area (Å²) in [6.45, 7) is 1.47. The number of aryl methyl sites for hydroxylation is 1. The minimum atomic E-state index is -5.79. The first kappa shape index (κ1) is 19.0. The summed E-state index contributed by atoms with van der Waals surface area (Å²) in [5.74, 6) is -1.51. The molecule has 0 aromatic heterocycles. The molecule has 11 heteroatoms. The lowest BCUT2D eigenvalue weighted by molar-refractivity contribution is -0.122. The molecule has 1 aliphatic rings. The lowest BCUT2D eigenvalue weighted by Crippen LogP contribution is -2.42. The summed E-state index contributed by atoms with van der Waals surface area (Å²) in [5, 5.41) is 9.03. The van der Waals surface area contributed by atoms with Gasteiger partial charge in [0, 0.05) is 19.5 Å². The number of nitrogens with zero attached hydrogens (tertiary/aromatic N) is 1. The Hall–Kier alpha value is -2.30. The van der Waals surface area contributed by atoms with Gasteiger partial charge < -0.3 is 14.2 Å². The van der Waals surface area contributed by atoms with E-state index in [2.05, 4.69) is 4.18 Å². The number of halogens is 3. The molecule has 0 aliphatic carbocycles. The molecule has 1 aliphatic heterocycles. The van der Waals surface area contributed by atoms with Crippen LogP contribution in [0.15, 0.2) is 18.2 Å². The highest BCUT2D eigenvalue weighted by molar-refractivity contribution is 7.88. The second-order valence-corrected chi connectivity index (χ2v) is 7.04.